The molecule has 1 amide bonds. The fourth-order valence-corrected chi connectivity index (χ4v) is 8.58. The molecule has 2 aliphatic heterocycles. The van der Waals surface area contributed by atoms with Crippen molar-refractivity contribution in [2.24, 2.45) is 10.1 Å². The number of aromatic amines is 1. The number of aldehydes is 2. The number of para-hydroxylation sites is 1. The van der Waals surface area contributed by atoms with E-state index < -0.39 is 6.04 Å². The number of benzene rings is 1. The van der Waals surface area contributed by atoms with E-state index in [-0.39, 0.29) is 6.10 Å². The molecule has 2 aliphatic rings. The summed E-state index contributed by atoms with van der Waals surface area (Å²) < 4.78 is 12.5. The largest absolute Gasteiger partial charge is 0.485 e. The number of nitrogens with zero attached hydrogens (tertiary/aromatic N) is 10. The van der Waals surface area contributed by atoms with E-state index >= 15 is 0 Å². The highest BCUT2D eigenvalue weighted by Crippen LogP contribution is 2.40. The molecule has 57 heavy (non-hydrogen) atoms. The fourth-order valence-electron chi connectivity index (χ4n) is 7.60. The first-order chi connectivity index (χ1) is 27.7. The molecule has 5 rings (SSSR count). The maximum atomic E-state index is 12.0. The number of nitrogens with one attached hydrogen (secondary N) is 2. The molecule has 16 nitrogen and oxygen atoms in total. The third-order valence-corrected chi connectivity index (χ3v) is 11.7. The van der Waals surface area contributed by atoms with Crippen molar-refractivity contribution < 1.29 is 19.1 Å². The number of rotatable bonds is 22. The molecule has 0 spiro atoms. The number of ether oxygens (including phenoxy) is 1. The average Bonchev–Trinajstić information content (AvgIpc) is 3.76. The molecule has 0 radical (unpaired) electrons. The van der Waals surface area contributed by atoms with Crippen molar-refractivity contribution in [3.05, 3.63) is 48.0 Å². The SMILES string of the molecule is C=Nn1cnc(-c2cn[nH]c2)c(OC(C)C)/c1=N/CNC1CCN(SN(C)CCCN2CCC(c3cccc(N(C)C(C=O)CCC=O)c3N(C)C=O)CC2)CC1. The van der Waals surface area contributed by atoms with Crippen molar-refractivity contribution >= 4 is 49.2 Å². The van der Waals surface area contributed by atoms with Gasteiger partial charge in [-0.2, -0.15) is 10.2 Å². The summed E-state index contributed by atoms with van der Waals surface area (Å²) >= 11 is 1.83. The van der Waals surface area contributed by atoms with Gasteiger partial charge < -0.3 is 29.0 Å². The van der Waals surface area contributed by atoms with Gasteiger partial charge in [0, 0.05) is 76.8 Å². The Morgan fingerprint density at radius 1 is 1.11 bits per heavy atom. The molecule has 0 aliphatic carbocycles. The molecule has 4 heterocycles. The zero-order valence-corrected chi connectivity index (χ0v) is 34.9. The Morgan fingerprint density at radius 2 is 1.88 bits per heavy atom. The first-order valence-corrected chi connectivity index (χ1v) is 20.7. The van der Waals surface area contributed by atoms with Crippen LogP contribution in [0.3, 0.4) is 0 Å². The lowest BCUT2D eigenvalue weighted by molar-refractivity contribution is -0.110. The average molecular weight is 805 g/mol. The quantitative estimate of drug-likeness (QED) is 0.0862. The number of carbonyl (C=O) groups is 3. The minimum atomic E-state index is -0.441. The van der Waals surface area contributed by atoms with Crippen LogP contribution in [0.4, 0.5) is 11.4 Å². The number of H-pyrrole nitrogens is 1. The van der Waals surface area contributed by atoms with Crippen molar-refractivity contribution in [2.45, 2.75) is 82.9 Å². The number of aromatic nitrogens is 4. The van der Waals surface area contributed by atoms with Crippen molar-refractivity contribution in [2.75, 3.05) is 76.9 Å². The van der Waals surface area contributed by atoms with Gasteiger partial charge >= 0.3 is 0 Å². The Kier molecular flexibility index (Phi) is 16.8. The summed E-state index contributed by atoms with van der Waals surface area (Å²) in [4.78, 5) is 50.4. The van der Waals surface area contributed by atoms with Gasteiger partial charge in [-0.05, 0) is 96.6 Å². The number of carbonyl (C=O) groups excluding carboxylic acids is 3. The lowest BCUT2D eigenvalue weighted by atomic mass is 9.87. The second kappa shape index (κ2) is 21.9. The highest BCUT2D eigenvalue weighted by molar-refractivity contribution is 7.94. The molecular formula is C40H60N12O4S. The first kappa shape index (κ1) is 43.7. The highest BCUT2D eigenvalue weighted by Gasteiger charge is 2.28. The number of hydrogen-bond acceptors (Lipinski definition) is 14. The predicted molar refractivity (Wildman–Crippen MR) is 226 cm³/mol. The summed E-state index contributed by atoms with van der Waals surface area (Å²) in [6, 6.07) is 5.99. The minimum Gasteiger partial charge on any atom is -0.485 e. The van der Waals surface area contributed by atoms with E-state index in [2.05, 4.69) is 58.9 Å². The molecule has 17 heteroatoms. The number of hydrogen-bond donors (Lipinski definition) is 2. The monoisotopic (exact) mass is 804 g/mol. The topological polar surface area (TPSA) is 160 Å². The Morgan fingerprint density at radius 3 is 2.53 bits per heavy atom. The number of anilines is 2. The van der Waals surface area contributed by atoms with Crippen LogP contribution in [0.5, 0.6) is 5.75 Å². The van der Waals surface area contributed by atoms with Gasteiger partial charge in [0.05, 0.1) is 36.4 Å². The molecule has 2 aromatic heterocycles. The van der Waals surface area contributed by atoms with Crippen LogP contribution in [0.2, 0.25) is 0 Å². The van der Waals surface area contributed by atoms with E-state index in [0.29, 0.717) is 48.4 Å². The number of likely N-dealkylation sites (N-methyl/N-ethyl adjacent to an activating group) is 1. The smallest absolute Gasteiger partial charge is 0.213 e. The van der Waals surface area contributed by atoms with Crippen molar-refractivity contribution in [1.82, 2.24) is 38.7 Å². The van der Waals surface area contributed by atoms with E-state index in [0.717, 1.165) is 113 Å². The highest BCUT2D eigenvalue weighted by atomic mass is 32.2. The molecule has 2 fully saturated rings. The lowest BCUT2D eigenvalue weighted by Gasteiger charge is -2.36. The number of amides is 1. The van der Waals surface area contributed by atoms with E-state index in [9.17, 15) is 14.4 Å². The zero-order valence-electron chi connectivity index (χ0n) is 34.1. The third kappa shape index (κ3) is 11.8. The number of likely N-dealkylation sites (tertiary alicyclic amines) is 1. The van der Waals surface area contributed by atoms with Gasteiger partial charge in [-0.3, -0.25) is 15.2 Å². The summed E-state index contributed by atoms with van der Waals surface area (Å²) in [7, 11) is 5.80. The van der Waals surface area contributed by atoms with Crippen LogP contribution < -0.4 is 25.3 Å². The summed E-state index contributed by atoms with van der Waals surface area (Å²) in [6.45, 7) is 14.1. The molecule has 1 aromatic carbocycles. The van der Waals surface area contributed by atoms with Crippen LogP contribution >= 0.6 is 12.1 Å². The van der Waals surface area contributed by atoms with Crippen LogP contribution in [0.15, 0.2) is 47.0 Å². The molecule has 0 bridgehead atoms. The standard InChI is InChI=1S/C40H60N12O4S/c1-30(2)56-39-37(32-24-45-46-25-32)44-28-52(41-3)40(39)43-27-42-33-15-21-51(22-16-33)57-48(5)17-9-18-50-19-13-31(14-20-50)35-11-7-12-36(38(35)47(4)29-55)49(6)34(26-54)10-8-23-53/h7,11-12,23-26,28-31,33-34,42H,3,8-10,13-22,27H2,1-2,4-6H3,(H,45,46)/b43-40-. The van der Waals surface area contributed by atoms with Gasteiger partial charge in [-0.25, -0.2) is 23.3 Å². The van der Waals surface area contributed by atoms with Gasteiger partial charge in [0.15, 0.2) is 11.2 Å². The van der Waals surface area contributed by atoms with Gasteiger partial charge in [0.2, 0.25) is 6.41 Å². The maximum absolute atomic E-state index is 12.0. The van der Waals surface area contributed by atoms with Gasteiger partial charge in [-0.1, -0.05) is 12.1 Å². The first-order valence-electron chi connectivity index (χ1n) is 19.9. The van der Waals surface area contributed by atoms with Gasteiger partial charge in [0.25, 0.3) is 0 Å². The Hall–Kier alpha value is -4.42. The second-order valence-corrected chi connectivity index (χ2v) is 16.3. The van der Waals surface area contributed by atoms with Crippen LogP contribution in [-0.4, -0.2) is 144 Å². The Bertz CT molecular complexity index is 1810. The minimum absolute atomic E-state index is 0.0837. The summed E-state index contributed by atoms with van der Waals surface area (Å²) in [6.07, 6.45) is 13.4. The molecule has 1 unspecified atom stereocenters. The molecule has 0 saturated carbocycles. The summed E-state index contributed by atoms with van der Waals surface area (Å²) in [5.41, 5.74) is 4.82. The molecule has 2 saturated heterocycles. The molecule has 310 valence electrons. The zero-order chi connectivity index (χ0) is 40.7. The lowest BCUT2D eigenvalue weighted by Crippen LogP contribution is -2.41. The van der Waals surface area contributed by atoms with Crippen LogP contribution in [0, 0.1) is 0 Å². The van der Waals surface area contributed by atoms with E-state index in [1.807, 2.05) is 50.1 Å². The maximum Gasteiger partial charge on any atom is 0.213 e. The van der Waals surface area contributed by atoms with E-state index in [4.69, 9.17) is 9.73 Å². The molecule has 2 N–H and O–H groups in total. The van der Waals surface area contributed by atoms with E-state index in [1.165, 1.54) is 0 Å². The van der Waals surface area contributed by atoms with Crippen LogP contribution in [0.25, 0.3) is 11.3 Å². The van der Waals surface area contributed by atoms with Crippen molar-refractivity contribution in [3.8, 4) is 17.0 Å². The molecule has 3 aromatic rings. The van der Waals surface area contributed by atoms with Crippen LogP contribution in [0.1, 0.15) is 70.3 Å². The Labute approximate surface area is 341 Å². The third-order valence-electron chi connectivity index (χ3n) is 10.7. The van der Waals surface area contributed by atoms with Crippen LogP contribution in [-0.2, 0) is 14.4 Å². The summed E-state index contributed by atoms with van der Waals surface area (Å²) in [5.74, 6) is 0.859. The normalized spacial score (nSPS) is 16.9. The molecule has 1 atom stereocenters. The predicted octanol–water partition coefficient (Wildman–Crippen LogP) is 3.78. The van der Waals surface area contributed by atoms with Gasteiger partial charge in [-0.15, -0.1) is 0 Å². The van der Waals surface area contributed by atoms with Crippen molar-refractivity contribution in [1.29, 1.82) is 0 Å². The van der Waals surface area contributed by atoms with Crippen molar-refractivity contribution in [3.63, 3.8) is 0 Å². The second-order valence-electron chi connectivity index (χ2n) is 15.0. The Balaban J connectivity index is 1.06. The molecular weight excluding hydrogens is 745 g/mol. The number of piperidine rings is 2. The fraction of sp³-hybridized carbons (Fsp3) is 0.575. The van der Waals surface area contributed by atoms with Gasteiger partial charge in [0.1, 0.15) is 24.6 Å². The summed E-state index contributed by atoms with van der Waals surface area (Å²) in [5, 5.41) is 14.6. The van der Waals surface area contributed by atoms with E-state index in [1.54, 1.807) is 35.3 Å².